The smallest absolute Gasteiger partial charge is 0.125 e. The number of nitrogens with zero attached hydrogens (tertiary/aromatic N) is 2. The molecule has 1 saturated carbocycles. The molecule has 0 aliphatic heterocycles. The maximum Gasteiger partial charge on any atom is 0.125 e. The number of aliphatic hydroxyl groups excluding tert-OH is 1. The number of nitrogens with one attached hydrogen (secondary N) is 1. The molecule has 19 heavy (non-hydrogen) atoms. The molecular formula is C15H25N3O. The Bertz CT molecular complexity index is 360. The van der Waals surface area contributed by atoms with Gasteiger partial charge in [0.05, 0.1) is 6.61 Å². The molecule has 4 heteroatoms. The van der Waals surface area contributed by atoms with Gasteiger partial charge >= 0.3 is 0 Å². The van der Waals surface area contributed by atoms with E-state index in [-0.39, 0.29) is 6.61 Å². The lowest BCUT2D eigenvalue weighted by Gasteiger charge is -2.33. The molecule has 4 nitrogen and oxygen atoms in total. The maximum atomic E-state index is 9.26. The molecule has 2 rings (SSSR count). The van der Waals surface area contributed by atoms with Crippen LogP contribution in [0, 0.1) is 0 Å². The number of rotatable bonds is 6. The van der Waals surface area contributed by atoms with Gasteiger partial charge < -0.3 is 10.4 Å². The van der Waals surface area contributed by atoms with Crippen molar-refractivity contribution in [3.8, 4) is 0 Å². The van der Waals surface area contributed by atoms with Crippen LogP contribution >= 0.6 is 0 Å². The molecule has 1 heterocycles. The fraction of sp³-hybridized carbons (Fsp3) is 0.667. The first-order chi connectivity index (χ1) is 9.33. The van der Waals surface area contributed by atoms with Crippen molar-refractivity contribution in [3.05, 3.63) is 23.9 Å². The first-order valence-corrected chi connectivity index (χ1v) is 7.31. The predicted octanol–water partition coefficient (Wildman–Crippen LogP) is 2.25. The molecule has 0 atom stereocenters. The van der Waals surface area contributed by atoms with Crippen molar-refractivity contribution in [1.82, 2.24) is 9.88 Å². The Hall–Kier alpha value is -1.13. The Morgan fingerprint density at radius 3 is 2.68 bits per heavy atom. The van der Waals surface area contributed by atoms with Crippen LogP contribution in [0.5, 0.6) is 0 Å². The normalized spacial score (nSPS) is 16.8. The minimum absolute atomic E-state index is 0.235. The second kappa shape index (κ2) is 7.46. The Balaban J connectivity index is 1.97. The van der Waals surface area contributed by atoms with Gasteiger partial charge in [-0.25, -0.2) is 4.98 Å². The van der Waals surface area contributed by atoms with E-state index in [2.05, 4.69) is 21.3 Å². The summed E-state index contributed by atoms with van der Waals surface area (Å²) in [7, 11) is 1.88. The van der Waals surface area contributed by atoms with Gasteiger partial charge in [0.15, 0.2) is 0 Å². The molecule has 0 bridgehead atoms. The van der Waals surface area contributed by atoms with E-state index in [4.69, 9.17) is 0 Å². The van der Waals surface area contributed by atoms with Gasteiger partial charge in [0, 0.05) is 32.4 Å². The van der Waals surface area contributed by atoms with Crippen molar-refractivity contribution in [1.29, 1.82) is 0 Å². The van der Waals surface area contributed by atoms with E-state index in [1.54, 1.807) is 0 Å². The zero-order chi connectivity index (χ0) is 13.5. The van der Waals surface area contributed by atoms with Gasteiger partial charge in [-0.2, -0.15) is 0 Å². The summed E-state index contributed by atoms with van der Waals surface area (Å²) in [6.07, 6.45) is 8.47. The second-order valence-corrected chi connectivity index (χ2v) is 5.29. The van der Waals surface area contributed by atoms with E-state index < -0.39 is 0 Å². The summed E-state index contributed by atoms with van der Waals surface area (Å²) >= 11 is 0. The van der Waals surface area contributed by atoms with Gasteiger partial charge in [0.25, 0.3) is 0 Å². The summed E-state index contributed by atoms with van der Waals surface area (Å²) in [6, 6.07) is 4.75. The Morgan fingerprint density at radius 2 is 2.11 bits per heavy atom. The average molecular weight is 263 g/mol. The highest BCUT2D eigenvalue weighted by molar-refractivity contribution is 5.34. The molecule has 1 fully saturated rings. The Labute approximate surface area is 115 Å². The maximum absolute atomic E-state index is 9.26. The van der Waals surface area contributed by atoms with Crippen molar-refractivity contribution in [2.75, 3.05) is 25.5 Å². The summed E-state index contributed by atoms with van der Waals surface area (Å²) in [5.74, 6) is 0.898. The number of anilines is 1. The third kappa shape index (κ3) is 4.18. The minimum Gasteiger partial charge on any atom is -0.395 e. The Kier molecular flexibility index (Phi) is 5.61. The zero-order valence-corrected chi connectivity index (χ0v) is 11.8. The van der Waals surface area contributed by atoms with Gasteiger partial charge in [-0.1, -0.05) is 25.3 Å². The van der Waals surface area contributed by atoms with Crippen molar-refractivity contribution in [3.63, 3.8) is 0 Å². The Morgan fingerprint density at radius 1 is 1.32 bits per heavy atom. The zero-order valence-electron chi connectivity index (χ0n) is 11.8. The van der Waals surface area contributed by atoms with Gasteiger partial charge in [-0.3, -0.25) is 4.90 Å². The topological polar surface area (TPSA) is 48.4 Å². The molecule has 0 radical (unpaired) electrons. The van der Waals surface area contributed by atoms with Crippen LogP contribution in [0.15, 0.2) is 18.3 Å². The van der Waals surface area contributed by atoms with Crippen molar-refractivity contribution >= 4 is 5.82 Å². The van der Waals surface area contributed by atoms with Gasteiger partial charge in [0.2, 0.25) is 0 Å². The lowest BCUT2D eigenvalue weighted by molar-refractivity contribution is 0.117. The molecule has 0 saturated heterocycles. The first kappa shape index (κ1) is 14.3. The summed E-state index contributed by atoms with van der Waals surface area (Å²) in [6.45, 7) is 1.89. The lowest BCUT2D eigenvalue weighted by atomic mass is 9.94. The molecule has 0 aromatic carbocycles. The second-order valence-electron chi connectivity index (χ2n) is 5.29. The molecule has 1 aliphatic carbocycles. The van der Waals surface area contributed by atoms with Crippen LogP contribution in [0.2, 0.25) is 0 Å². The van der Waals surface area contributed by atoms with Crippen LogP contribution in [0.4, 0.5) is 5.82 Å². The standard InChI is InChI=1S/C15H25N3O/c1-16-15-8-7-13(11-17-15)12-18(9-10-19)14-5-3-2-4-6-14/h7-8,11,14,19H,2-6,9-10,12H2,1H3,(H,16,17). The highest BCUT2D eigenvalue weighted by Gasteiger charge is 2.20. The van der Waals surface area contributed by atoms with Crippen LogP contribution in [0.25, 0.3) is 0 Å². The molecule has 1 aliphatic rings. The van der Waals surface area contributed by atoms with Gasteiger partial charge in [-0.05, 0) is 24.5 Å². The quantitative estimate of drug-likeness (QED) is 0.826. The van der Waals surface area contributed by atoms with Crippen molar-refractivity contribution < 1.29 is 5.11 Å². The van der Waals surface area contributed by atoms with Crippen LogP contribution in [0.3, 0.4) is 0 Å². The summed E-state index contributed by atoms with van der Waals surface area (Å²) < 4.78 is 0. The summed E-state index contributed by atoms with van der Waals surface area (Å²) in [5, 5.41) is 12.3. The molecule has 0 amide bonds. The minimum atomic E-state index is 0.235. The molecule has 1 aromatic rings. The van der Waals surface area contributed by atoms with E-state index in [1.807, 2.05) is 19.3 Å². The van der Waals surface area contributed by atoms with Crippen LogP contribution < -0.4 is 5.32 Å². The number of hydrogen-bond acceptors (Lipinski definition) is 4. The summed E-state index contributed by atoms with van der Waals surface area (Å²) in [5.41, 5.74) is 1.22. The third-order valence-electron chi connectivity index (χ3n) is 3.94. The molecule has 0 unspecified atom stereocenters. The third-order valence-corrected chi connectivity index (χ3v) is 3.94. The van der Waals surface area contributed by atoms with Crippen molar-refractivity contribution in [2.24, 2.45) is 0 Å². The monoisotopic (exact) mass is 263 g/mol. The largest absolute Gasteiger partial charge is 0.395 e. The molecule has 1 aromatic heterocycles. The van der Waals surface area contributed by atoms with Crippen LogP contribution in [-0.2, 0) is 6.54 Å². The number of aliphatic hydroxyl groups is 1. The summed E-state index contributed by atoms with van der Waals surface area (Å²) in [4.78, 5) is 6.77. The van der Waals surface area contributed by atoms with E-state index in [1.165, 1.54) is 37.7 Å². The van der Waals surface area contributed by atoms with Crippen molar-refractivity contribution in [2.45, 2.75) is 44.7 Å². The molecule has 106 valence electrons. The molecular weight excluding hydrogens is 238 g/mol. The predicted molar refractivity (Wildman–Crippen MR) is 78.2 cm³/mol. The fourth-order valence-electron chi connectivity index (χ4n) is 2.87. The number of pyridine rings is 1. The van der Waals surface area contributed by atoms with E-state index in [9.17, 15) is 5.11 Å². The van der Waals surface area contributed by atoms with Gasteiger partial charge in [0.1, 0.15) is 5.82 Å². The number of aromatic nitrogens is 1. The van der Waals surface area contributed by atoms with E-state index >= 15 is 0 Å². The van der Waals surface area contributed by atoms with Gasteiger partial charge in [-0.15, -0.1) is 0 Å². The van der Waals surface area contributed by atoms with Crippen LogP contribution in [0.1, 0.15) is 37.7 Å². The number of hydrogen-bond donors (Lipinski definition) is 2. The lowest BCUT2D eigenvalue weighted by Crippen LogP contribution is -2.38. The van der Waals surface area contributed by atoms with Crippen LogP contribution in [-0.4, -0.2) is 41.2 Å². The SMILES string of the molecule is CNc1ccc(CN(CCO)C2CCCCC2)cn1. The van der Waals surface area contributed by atoms with E-state index in [0.717, 1.165) is 18.9 Å². The fourth-order valence-corrected chi connectivity index (χ4v) is 2.87. The highest BCUT2D eigenvalue weighted by Crippen LogP contribution is 2.23. The highest BCUT2D eigenvalue weighted by atomic mass is 16.3. The molecule has 2 N–H and O–H groups in total. The van der Waals surface area contributed by atoms with E-state index in [0.29, 0.717) is 6.04 Å². The average Bonchev–Trinajstić information content (AvgIpc) is 2.48. The first-order valence-electron chi connectivity index (χ1n) is 7.31. The molecule has 0 spiro atoms.